The minimum atomic E-state index is -0.997. The van der Waals surface area contributed by atoms with Crippen LogP contribution in [0.2, 0.25) is 0 Å². The summed E-state index contributed by atoms with van der Waals surface area (Å²) in [6.45, 7) is 5.64. The van der Waals surface area contributed by atoms with Gasteiger partial charge in [-0.15, -0.1) is 11.8 Å². The summed E-state index contributed by atoms with van der Waals surface area (Å²) < 4.78 is 4.25. The first-order valence-electron chi connectivity index (χ1n) is 6.38. The number of β-lactam (4-membered cyclic amide) rings is 1. The zero-order valence-corrected chi connectivity index (χ0v) is 12.4. The fraction of sp³-hybridized carbons (Fsp3) is 0.615. The molecule has 2 rings (SSSR count). The highest BCUT2D eigenvalue weighted by atomic mass is 32.2. The number of aliphatic carboxylic acids is 1. The van der Waals surface area contributed by atoms with E-state index in [1.807, 2.05) is 13.8 Å². The third-order valence-electron chi connectivity index (χ3n) is 3.38. The van der Waals surface area contributed by atoms with Crippen LogP contribution in [0.1, 0.15) is 27.2 Å². The zero-order valence-electron chi connectivity index (χ0n) is 11.6. The molecule has 2 saturated heterocycles. The van der Waals surface area contributed by atoms with Crippen LogP contribution in [0.15, 0.2) is 11.6 Å². The Morgan fingerprint density at radius 2 is 2.15 bits per heavy atom. The molecule has 0 bridgehead atoms. The summed E-state index contributed by atoms with van der Waals surface area (Å²) in [6, 6.07) is -0.829. The summed E-state index contributed by atoms with van der Waals surface area (Å²) in [6.07, 6.45) is 1.59. The first kappa shape index (κ1) is 14.9. The Morgan fingerprint density at radius 1 is 1.50 bits per heavy atom. The summed E-state index contributed by atoms with van der Waals surface area (Å²) in [7, 11) is 0. The van der Waals surface area contributed by atoms with Crippen LogP contribution >= 0.6 is 11.8 Å². The van der Waals surface area contributed by atoms with Crippen molar-refractivity contribution >= 4 is 29.6 Å². The molecule has 1 amide bonds. The summed E-state index contributed by atoms with van der Waals surface area (Å²) in [5.41, 5.74) is 0.500. The van der Waals surface area contributed by atoms with Crippen LogP contribution in [0.25, 0.3) is 0 Å². The van der Waals surface area contributed by atoms with Gasteiger partial charge in [-0.1, -0.05) is 6.08 Å². The molecule has 0 spiro atoms. The second kappa shape index (κ2) is 5.12. The van der Waals surface area contributed by atoms with Crippen molar-refractivity contribution in [1.82, 2.24) is 4.90 Å². The number of fused-ring (bicyclic) bond motifs is 1. The Balaban J connectivity index is 2.12. The molecule has 0 aromatic heterocycles. The smallest absolute Gasteiger partial charge is 0.327 e. The zero-order chi connectivity index (χ0) is 15.1. The van der Waals surface area contributed by atoms with E-state index in [4.69, 9.17) is 4.74 Å². The molecule has 0 saturated carbocycles. The fourth-order valence-corrected chi connectivity index (χ4v) is 4.10. The van der Waals surface area contributed by atoms with E-state index in [2.05, 4.69) is 0 Å². The third kappa shape index (κ3) is 2.30. The molecule has 2 aliphatic rings. The fourth-order valence-electron chi connectivity index (χ4n) is 2.52. The molecule has 2 heterocycles. The SMILES string of the molecule is CCOC(=O)C/C=C1/C(=O)N2[C@@H]1SC(C)(C)[C@@H]2C(=O)O. The van der Waals surface area contributed by atoms with E-state index in [0.717, 1.165) is 0 Å². The highest BCUT2D eigenvalue weighted by molar-refractivity contribution is 8.01. The molecular formula is C13H17NO5S. The van der Waals surface area contributed by atoms with Gasteiger partial charge in [0.2, 0.25) is 0 Å². The van der Waals surface area contributed by atoms with E-state index in [-0.39, 0.29) is 23.7 Å². The Bertz CT molecular complexity index is 499. The van der Waals surface area contributed by atoms with Crippen molar-refractivity contribution in [2.45, 2.75) is 43.4 Å². The van der Waals surface area contributed by atoms with E-state index in [9.17, 15) is 19.5 Å². The number of thioether (sulfide) groups is 1. The van der Waals surface area contributed by atoms with Gasteiger partial charge >= 0.3 is 11.9 Å². The number of carboxylic acid groups (broad SMARTS) is 1. The molecule has 2 aliphatic heterocycles. The van der Waals surface area contributed by atoms with Crippen LogP contribution in [0.3, 0.4) is 0 Å². The van der Waals surface area contributed by atoms with Gasteiger partial charge in [-0.3, -0.25) is 9.59 Å². The second-order valence-corrected chi connectivity index (χ2v) is 6.93. The summed E-state index contributed by atoms with van der Waals surface area (Å²) >= 11 is 1.43. The van der Waals surface area contributed by atoms with Gasteiger partial charge in [0, 0.05) is 10.3 Å². The molecule has 0 radical (unpaired) electrons. The lowest BCUT2D eigenvalue weighted by molar-refractivity contribution is -0.152. The quantitative estimate of drug-likeness (QED) is 0.474. The highest BCUT2D eigenvalue weighted by Gasteiger charge is 2.61. The summed E-state index contributed by atoms with van der Waals surface area (Å²) in [5.74, 6) is -1.68. The molecule has 110 valence electrons. The number of esters is 1. The maximum absolute atomic E-state index is 12.0. The predicted molar refractivity (Wildman–Crippen MR) is 73.1 cm³/mol. The van der Waals surface area contributed by atoms with Crippen molar-refractivity contribution in [3.05, 3.63) is 11.6 Å². The average Bonchev–Trinajstić information content (AvgIpc) is 2.58. The van der Waals surface area contributed by atoms with E-state index in [1.165, 1.54) is 16.7 Å². The van der Waals surface area contributed by atoms with Crippen molar-refractivity contribution < 1.29 is 24.2 Å². The number of nitrogens with zero attached hydrogens (tertiary/aromatic N) is 1. The van der Waals surface area contributed by atoms with Gasteiger partial charge in [-0.05, 0) is 20.8 Å². The Labute approximate surface area is 121 Å². The van der Waals surface area contributed by atoms with E-state index < -0.39 is 16.8 Å². The van der Waals surface area contributed by atoms with E-state index in [0.29, 0.717) is 12.2 Å². The van der Waals surface area contributed by atoms with Gasteiger partial charge in [0.25, 0.3) is 5.91 Å². The number of carboxylic acids is 1. The molecule has 0 aromatic carbocycles. The molecular weight excluding hydrogens is 282 g/mol. The van der Waals surface area contributed by atoms with Gasteiger partial charge in [0.15, 0.2) is 0 Å². The standard InChI is InChI=1S/C13H17NO5S/c1-4-19-8(15)6-5-7-10(16)14-9(12(17)18)13(2,3)20-11(7)14/h5,9,11H,4,6H2,1-3H3,(H,17,18)/b7-5-/t9-,11+/m0/s1. The van der Waals surface area contributed by atoms with Crippen molar-refractivity contribution in [1.29, 1.82) is 0 Å². The first-order valence-corrected chi connectivity index (χ1v) is 7.26. The van der Waals surface area contributed by atoms with Gasteiger partial charge in [0.1, 0.15) is 11.4 Å². The highest BCUT2D eigenvalue weighted by Crippen LogP contribution is 2.52. The monoisotopic (exact) mass is 299 g/mol. The molecule has 0 unspecified atom stereocenters. The summed E-state index contributed by atoms with van der Waals surface area (Å²) in [5, 5.41) is 8.99. The molecule has 0 aliphatic carbocycles. The van der Waals surface area contributed by atoms with Crippen LogP contribution in [0.4, 0.5) is 0 Å². The summed E-state index contributed by atoms with van der Waals surface area (Å²) in [4.78, 5) is 36.0. The van der Waals surface area contributed by atoms with Crippen LogP contribution in [-0.4, -0.2) is 50.6 Å². The van der Waals surface area contributed by atoms with E-state index in [1.54, 1.807) is 13.0 Å². The minimum Gasteiger partial charge on any atom is -0.480 e. The molecule has 1 N–H and O–H groups in total. The van der Waals surface area contributed by atoms with Crippen LogP contribution in [0, 0.1) is 0 Å². The largest absolute Gasteiger partial charge is 0.480 e. The van der Waals surface area contributed by atoms with Crippen molar-refractivity contribution in [3.8, 4) is 0 Å². The number of rotatable bonds is 4. The predicted octanol–water partition coefficient (Wildman–Crippen LogP) is 1.01. The molecule has 2 atom stereocenters. The number of amides is 1. The average molecular weight is 299 g/mol. The van der Waals surface area contributed by atoms with Gasteiger partial charge in [-0.25, -0.2) is 4.79 Å². The van der Waals surface area contributed by atoms with Gasteiger partial charge in [-0.2, -0.15) is 0 Å². The number of hydrogen-bond donors (Lipinski definition) is 1. The van der Waals surface area contributed by atoms with Crippen molar-refractivity contribution in [2.24, 2.45) is 0 Å². The third-order valence-corrected chi connectivity index (χ3v) is 4.92. The Kier molecular flexibility index (Phi) is 3.82. The Morgan fingerprint density at radius 3 is 2.70 bits per heavy atom. The number of carbonyl (C=O) groups is 3. The molecule has 20 heavy (non-hydrogen) atoms. The lowest BCUT2D eigenvalue weighted by Crippen LogP contribution is -2.58. The lowest BCUT2D eigenvalue weighted by Gasteiger charge is -2.39. The molecule has 6 nitrogen and oxygen atoms in total. The minimum absolute atomic E-state index is 0.0397. The first-order chi connectivity index (χ1) is 9.29. The normalized spacial score (nSPS) is 29.1. The number of hydrogen-bond acceptors (Lipinski definition) is 5. The van der Waals surface area contributed by atoms with Gasteiger partial charge < -0.3 is 14.7 Å². The maximum atomic E-state index is 12.0. The maximum Gasteiger partial charge on any atom is 0.327 e. The van der Waals surface area contributed by atoms with Crippen molar-refractivity contribution in [2.75, 3.05) is 6.61 Å². The van der Waals surface area contributed by atoms with Gasteiger partial charge in [0.05, 0.1) is 13.0 Å². The van der Waals surface area contributed by atoms with E-state index >= 15 is 0 Å². The van der Waals surface area contributed by atoms with Crippen LogP contribution < -0.4 is 0 Å². The molecule has 7 heteroatoms. The molecule has 0 aromatic rings. The molecule has 2 fully saturated rings. The topological polar surface area (TPSA) is 83.9 Å². The van der Waals surface area contributed by atoms with Crippen LogP contribution in [0.5, 0.6) is 0 Å². The Hall–Kier alpha value is -1.50. The number of ether oxygens (including phenoxy) is 1. The number of carbonyl (C=O) groups excluding carboxylic acids is 2. The van der Waals surface area contributed by atoms with Crippen LogP contribution in [-0.2, 0) is 19.1 Å². The second-order valence-electron chi connectivity index (χ2n) is 5.20. The van der Waals surface area contributed by atoms with Crippen molar-refractivity contribution in [3.63, 3.8) is 0 Å². The lowest BCUT2D eigenvalue weighted by atomic mass is 9.95.